The van der Waals surface area contributed by atoms with Gasteiger partial charge < -0.3 is 30.9 Å². The largest absolute Gasteiger partial charge is 0.494 e. The van der Waals surface area contributed by atoms with E-state index >= 15 is 0 Å². The number of hydrogen-bond acceptors (Lipinski definition) is 9. The molecule has 4 rings (SSSR count). The minimum atomic E-state index is -1.13. The third-order valence-electron chi connectivity index (χ3n) is 5.38. The zero-order valence-electron chi connectivity index (χ0n) is 17.5. The zero-order valence-corrected chi connectivity index (χ0v) is 17.5. The van der Waals surface area contributed by atoms with Gasteiger partial charge in [-0.15, -0.1) is 0 Å². The van der Waals surface area contributed by atoms with E-state index in [1.165, 1.54) is 37.4 Å². The molecule has 1 aliphatic heterocycles. The lowest BCUT2D eigenvalue weighted by Crippen LogP contribution is -2.46. The Balaban J connectivity index is 1.51. The van der Waals surface area contributed by atoms with Gasteiger partial charge in [0.25, 0.3) is 5.91 Å². The summed E-state index contributed by atoms with van der Waals surface area (Å²) in [6.45, 7) is 0.500. The molecule has 1 aliphatic rings. The molecule has 3 aromatic rings. The Hall–Kier alpha value is -3.35. The Morgan fingerprint density at radius 1 is 1.38 bits per heavy atom. The average Bonchev–Trinajstić information content (AvgIpc) is 3.36. The number of carbonyl (C=O) groups excluding carboxylic acids is 1. The predicted octanol–water partition coefficient (Wildman–Crippen LogP) is -0.0398. The highest BCUT2D eigenvalue weighted by Crippen LogP contribution is 2.31. The monoisotopic (exact) mass is 445 g/mol. The number of fused-ring (bicyclic) bond motifs is 1. The Morgan fingerprint density at radius 3 is 2.94 bits per heavy atom. The Kier molecular flexibility index (Phi) is 6.17. The first-order valence-electron chi connectivity index (χ1n) is 9.99. The number of methoxy groups -OCH3 is 1. The summed E-state index contributed by atoms with van der Waals surface area (Å²) in [5, 5.41) is 16.2. The van der Waals surface area contributed by atoms with E-state index in [2.05, 4.69) is 25.6 Å². The number of hydrogen-bond donors (Lipinski definition) is 4. The number of halogens is 1. The fraction of sp³-hybridized carbons (Fsp3) is 0.400. The van der Waals surface area contributed by atoms with E-state index in [0.717, 1.165) is 5.56 Å². The van der Waals surface area contributed by atoms with Gasteiger partial charge in [-0.1, -0.05) is 6.07 Å². The van der Waals surface area contributed by atoms with Crippen LogP contribution < -0.4 is 21.1 Å². The van der Waals surface area contributed by atoms with E-state index in [-0.39, 0.29) is 5.75 Å². The predicted molar refractivity (Wildman–Crippen MR) is 112 cm³/mol. The molecule has 3 heterocycles. The Labute approximate surface area is 182 Å². The number of carbonyl (C=O) groups is 1. The van der Waals surface area contributed by atoms with E-state index in [4.69, 9.17) is 15.2 Å². The molecular weight excluding hydrogens is 421 g/mol. The van der Waals surface area contributed by atoms with Crippen LogP contribution in [-0.2, 0) is 16.0 Å². The number of amides is 1. The number of ether oxygens (including phenoxy) is 2. The highest BCUT2D eigenvalue weighted by molar-refractivity contribution is 5.83. The summed E-state index contributed by atoms with van der Waals surface area (Å²) in [5.41, 5.74) is 7.75. The fourth-order valence-electron chi connectivity index (χ4n) is 3.65. The van der Waals surface area contributed by atoms with Gasteiger partial charge in [-0.2, -0.15) is 0 Å². The van der Waals surface area contributed by atoms with Gasteiger partial charge in [-0.25, -0.2) is 19.3 Å². The zero-order chi connectivity index (χ0) is 22.8. The summed E-state index contributed by atoms with van der Waals surface area (Å²) >= 11 is 0. The van der Waals surface area contributed by atoms with Gasteiger partial charge in [-0.3, -0.25) is 9.36 Å². The van der Waals surface area contributed by atoms with Crippen molar-refractivity contribution >= 4 is 22.9 Å². The average molecular weight is 445 g/mol. The first-order chi connectivity index (χ1) is 15.4. The third-order valence-corrected chi connectivity index (χ3v) is 5.38. The lowest BCUT2D eigenvalue weighted by atomic mass is 10.1. The molecular formula is C20H24FN7O4. The molecule has 2 aromatic heterocycles. The van der Waals surface area contributed by atoms with E-state index in [0.29, 0.717) is 29.9 Å². The van der Waals surface area contributed by atoms with Crippen molar-refractivity contribution in [3.05, 3.63) is 42.2 Å². The molecule has 1 aromatic carbocycles. The number of imidazole rings is 1. The number of aromatic nitrogens is 4. The molecule has 0 spiro atoms. The molecule has 12 heteroatoms. The van der Waals surface area contributed by atoms with Crippen molar-refractivity contribution in [2.24, 2.45) is 5.73 Å². The van der Waals surface area contributed by atoms with Gasteiger partial charge in [0, 0.05) is 13.6 Å². The van der Waals surface area contributed by atoms with E-state index in [1.54, 1.807) is 12.1 Å². The van der Waals surface area contributed by atoms with Crippen LogP contribution in [0.3, 0.4) is 0 Å². The van der Waals surface area contributed by atoms with Crippen LogP contribution in [-0.4, -0.2) is 69.5 Å². The van der Waals surface area contributed by atoms with E-state index < -0.39 is 36.2 Å². The summed E-state index contributed by atoms with van der Waals surface area (Å²) in [7, 11) is 2.89. The van der Waals surface area contributed by atoms with E-state index in [9.17, 15) is 14.3 Å². The summed E-state index contributed by atoms with van der Waals surface area (Å²) in [6, 6.07) is 3.80. The molecule has 4 atom stereocenters. The summed E-state index contributed by atoms with van der Waals surface area (Å²) in [4.78, 5) is 24.8. The second kappa shape index (κ2) is 9.02. The van der Waals surface area contributed by atoms with Gasteiger partial charge in [0.05, 0.1) is 19.5 Å². The Morgan fingerprint density at radius 2 is 2.19 bits per heavy atom. The van der Waals surface area contributed by atoms with Crippen molar-refractivity contribution in [2.45, 2.75) is 30.9 Å². The maximum Gasteiger partial charge on any atom is 0.250 e. The first-order valence-corrected chi connectivity index (χ1v) is 9.99. The number of likely N-dealkylation sites (N-methyl/N-ethyl adjacent to an activating group) is 1. The maximum atomic E-state index is 13.6. The number of nitrogens with two attached hydrogens (primary N) is 1. The molecule has 1 fully saturated rings. The number of aliphatic hydroxyl groups excluding tert-OH is 1. The molecule has 1 amide bonds. The number of nitrogens with zero attached hydrogens (tertiary/aromatic N) is 4. The standard InChI is InChI=1S/C20H24FN7O4/c1-23-19(30)16-13(22)15(29)20(32-16)28-9-27-14-17(25-8-26-18(14)28)24-6-5-10-3-4-11(21)12(7-10)31-2/h3-4,7-9,13,15-16,20,29H,5-6,22H2,1-2H3,(H,23,30)(H,24,25,26)/t13-,15+,16-,20+/m0/s1. The maximum absolute atomic E-state index is 13.6. The molecule has 170 valence electrons. The molecule has 0 aliphatic carbocycles. The quantitative estimate of drug-likeness (QED) is 0.393. The van der Waals surface area contributed by atoms with Crippen LogP contribution in [0.5, 0.6) is 5.75 Å². The van der Waals surface area contributed by atoms with Crippen LogP contribution in [0.2, 0.25) is 0 Å². The van der Waals surface area contributed by atoms with Gasteiger partial charge in [-0.05, 0) is 24.1 Å². The summed E-state index contributed by atoms with van der Waals surface area (Å²) < 4.78 is 25.8. The number of rotatable bonds is 7. The van der Waals surface area contributed by atoms with Gasteiger partial charge >= 0.3 is 0 Å². The topological polar surface area (TPSA) is 149 Å². The molecule has 11 nitrogen and oxygen atoms in total. The molecule has 32 heavy (non-hydrogen) atoms. The van der Waals surface area contributed by atoms with Crippen LogP contribution in [0.25, 0.3) is 11.2 Å². The van der Waals surface area contributed by atoms with Gasteiger partial charge in [0.2, 0.25) is 0 Å². The summed E-state index contributed by atoms with van der Waals surface area (Å²) in [6.07, 6.45) is 0.366. The first kappa shape index (κ1) is 21.9. The molecule has 0 unspecified atom stereocenters. The molecule has 5 N–H and O–H groups in total. The highest BCUT2D eigenvalue weighted by atomic mass is 19.1. The van der Waals surface area contributed by atoms with Crippen molar-refractivity contribution in [1.82, 2.24) is 24.8 Å². The summed E-state index contributed by atoms with van der Waals surface area (Å²) in [5.74, 6) is -0.156. The fourth-order valence-corrected chi connectivity index (χ4v) is 3.65. The van der Waals surface area contributed by atoms with Crippen LogP contribution in [0, 0.1) is 5.82 Å². The lowest BCUT2D eigenvalue weighted by molar-refractivity contribution is -0.134. The number of aliphatic hydroxyl groups is 1. The number of benzene rings is 1. The van der Waals surface area contributed by atoms with Crippen LogP contribution >= 0.6 is 0 Å². The lowest BCUT2D eigenvalue weighted by Gasteiger charge is -2.16. The van der Waals surface area contributed by atoms with E-state index in [1.807, 2.05) is 0 Å². The highest BCUT2D eigenvalue weighted by Gasteiger charge is 2.46. The second-order valence-electron chi connectivity index (χ2n) is 7.32. The van der Waals surface area contributed by atoms with Crippen LogP contribution in [0.1, 0.15) is 11.8 Å². The number of anilines is 1. The molecule has 0 saturated carbocycles. The van der Waals surface area contributed by atoms with Crippen molar-refractivity contribution in [3.63, 3.8) is 0 Å². The Bertz CT molecular complexity index is 1120. The minimum Gasteiger partial charge on any atom is -0.494 e. The minimum absolute atomic E-state index is 0.189. The number of nitrogens with one attached hydrogen (secondary N) is 2. The molecule has 1 saturated heterocycles. The molecule has 0 radical (unpaired) electrons. The van der Waals surface area contributed by atoms with Crippen molar-refractivity contribution in [2.75, 3.05) is 26.0 Å². The smallest absolute Gasteiger partial charge is 0.250 e. The van der Waals surface area contributed by atoms with Crippen LogP contribution in [0.4, 0.5) is 10.2 Å². The van der Waals surface area contributed by atoms with Gasteiger partial charge in [0.15, 0.2) is 40.9 Å². The van der Waals surface area contributed by atoms with Crippen molar-refractivity contribution in [1.29, 1.82) is 0 Å². The second-order valence-corrected chi connectivity index (χ2v) is 7.32. The third kappa shape index (κ3) is 3.95. The van der Waals surface area contributed by atoms with Crippen LogP contribution in [0.15, 0.2) is 30.9 Å². The molecule has 0 bridgehead atoms. The van der Waals surface area contributed by atoms with Crippen molar-refractivity contribution < 1.29 is 23.8 Å². The van der Waals surface area contributed by atoms with Gasteiger partial charge in [0.1, 0.15) is 12.4 Å². The SMILES string of the molecule is CNC(=O)[C@H]1O[C@@H](n2cnc3c(NCCc4ccc(F)c(OC)c4)ncnc32)[C@H](O)[C@@H]1N. The van der Waals surface area contributed by atoms with Crippen molar-refractivity contribution in [3.8, 4) is 5.75 Å². The normalized spacial score (nSPS) is 22.8.